The summed E-state index contributed by atoms with van der Waals surface area (Å²) in [5, 5.41) is 13.3. The summed E-state index contributed by atoms with van der Waals surface area (Å²) in [6.45, 7) is 2.39. The van der Waals surface area contributed by atoms with Crippen LogP contribution in [-0.2, 0) is 16.6 Å². The van der Waals surface area contributed by atoms with Crippen LogP contribution in [0.2, 0.25) is 0 Å². The van der Waals surface area contributed by atoms with Gasteiger partial charge in [-0.3, -0.25) is 4.68 Å². The molecule has 1 heterocycles. The number of anilines is 1. The van der Waals surface area contributed by atoms with Crippen LogP contribution in [0.3, 0.4) is 0 Å². The van der Waals surface area contributed by atoms with Gasteiger partial charge in [-0.05, 0) is 25.7 Å². The first-order valence-electron chi connectivity index (χ1n) is 6.40. The van der Waals surface area contributed by atoms with E-state index in [9.17, 15) is 13.5 Å². The molecule has 1 aromatic heterocycles. The molecule has 0 amide bonds. The molecule has 0 aliphatic heterocycles. The number of hydrogen-bond donors (Lipinski definition) is 3. The third-order valence-corrected chi connectivity index (χ3v) is 5.06. The van der Waals surface area contributed by atoms with Crippen molar-refractivity contribution in [1.82, 2.24) is 14.5 Å². The molecule has 1 aliphatic rings. The van der Waals surface area contributed by atoms with Crippen LogP contribution in [0.5, 0.6) is 0 Å². The van der Waals surface area contributed by atoms with Gasteiger partial charge < -0.3 is 10.8 Å². The van der Waals surface area contributed by atoms with Crippen LogP contribution >= 0.6 is 0 Å². The normalized spacial score (nSPS) is 18.2. The Bertz CT molecular complexity index is 543. The van der Waals surface area contributed by atoms with Gasteiger partial charge in [-0.25, -0.2) is 13.1 Å². The smallest absolute Gasteiger partial charge is 0.246 e. The number of nitrogens with one attached hydrogen (secondary N) is 1. The zero-order chi connectivity index (χ0) is 14.1. The first-order chi connectivity index (χ1) is 8.92. The van der Waals surface area contributed by atoms with E-state index < -0.39 is 15.6 Å². The lowest BCUT2D eigenvalue weighted by Gasteiger charge is -2.40. The average molecular weight is 288 g/mol. The Morgan fingerprint density at radius 1 is 1.58 bits per heavy atom. The van der Waals surface area contributed by atoms with Gasteiger partial charge in [0.2, 0.25) is 10.0 Å². The maximum absolute atomic E-state index is 12.3. The number of rotatable bonds is 6. The van der Waals surface area contributed by atoms with Crippen molar-refractivity contribution < 1.29 is 13.5 Å². The van der Waals surface area contributed by atoms with Gasteiger partial charge in [-0.2, -0.15) is 5.10 Å². The van der Waals surface area contributed by atoms with Gasteiger partial charge in [0.1, 0.15) is 4.90 Å². The van der Waals surface area contributed by atoms with Crippen LogP contribution in [0.15, 0.2) is 11.1 Å². The summed E-state index contributed by atoms with van der Waals surface area (Å²) in [6, 6.07) is 0. The molecule has 2 rings (SSSR count). The number of nitrogen functional groups attached to an aromatic ring is 1. The predicted octanol–water partition coefficient (Wildman–Crippen LogP) is 0.0686. The summed E-state index contributed by atoms with van der Waals surface area (Å²) in [5.41, 5.74) is 4.94. The monoisotopic (exact) mass is 288 g/mol. The van der Waals surface area contributed by atoms with Gasteiger partial charge in [0.05, 0.1) is 12.1 Å². The van der Waals surface area contributed by atoms with Gasteiger partial charge in [0.15, 0.2) is 5.82 Å². The van der Waals surface area contributed by atoms with Gasteiger partial charge in [-0.1, -0.05) is 6.92 Å². The maximum Gasteiger partial charge on any atom is 0.246 e. The minimum Gasteiger partial charge on any atom is -0.394 e. The lowest BCUT2D eigenvalue weighted by Crippen LogP contribution is -2.55. The van der Waals surface area contributed by atoms with E-state index in [2.05, 4.69) is 9.82 Å². The number of aliphatic hydroxyl groups is 1. The molecule has 1 aromatic rings. The lowest BCUT2D eigenvalue weighted by atomic mass is 9.78. The average Bonchev–Trinajstić information content (AvgIpc) is 2.66. The van der Waals surface area contributed by atoms with Gasteiger partial charge in [0.25, 0.3) is 0 Å². The summed E-state index contributed by atoms with van der Waals surface area (Å²) in [4.78, 5) is -0.0133. The molecule has 0 bridgehead atoms. The number of hydrogen-bond acceptors (Lipinski definition) is 5. The Kier molecular flexibility index (Phi) is 3.84. The van der Waals surface area contributed by atoms with E-state index in [0.29, 0.717) is 19.4 Å². The third kappa shape index (κ3) is 2.75. The molecule has 8 heteroatoms. The highest BCUT2D eigenvalue weighted by Crippen LogP contribution is 2.33. The van der Waals surface area contributed by atoms with Crippen LogP contribution in [-0.4, -0.2) is 35.5 Å². The summed E-state index contributed by atoms with van der Waals surface area (Å²) in [6.07, 6.45) is 4.48. The van der Waals surface area contributed by atoms with E-state index in [-0.39, 0.29) is 17.3 Å². The standard InChI is InChI=1S/C11H20N4O3S/c1-2-6-15-7-9(10(12)13-15)19(17,18)14-11(8-16)4-3-5-11/h7,14,16H,2-6,8H2,1H3,(H2,12,13). The van der Waals surface area contributed by atoms with E-state index >= 15 is 0 Å². The molecule has 19 heavy (non-hydrogen) atoms. The first kappa shape index (κ1) is 14.3. The van der Waals surface area contributed by atoms with Crippen molar-refractivity contribution in [2.45, 2.75) is 49.6 Å². The SMILES string of the molecule is CCCn1cc(S(=O)(=O)NC2(CO)CCC2)c(N)n1. The molecule has 1 fully saturated rings. The van der Waals surface area contributed by atoms with E-state index in [0.717, 1.165) is 12.8 Å². The first-order valence-corrected chi connectivity index (χ1v) is 7.88. The molecule has 7 nitrogen and oxygen atoms in total. The van der Waals surface area contributed by atoms with Gasteiger partial charge in [0, 0.05) is 12.7 Å². The Hall–Kier alpha value is -1.12. The van der Waals surface area contributed by atoms with Crippen LogP contribution in [0.4, 0.5) is 5.82 Å². The molecule has 0 aromatic carbocycles. The topological polar surface area (TPSA) is 110 Å². The van der Waals surface area contributed by atoms with Crippen LogP contribution in [0.25, 0.3) is 0 Å². The fraction of sp³-hybridized carbons (Fsp3) is 0.727. The molecule has 1 aliphatic carbocycles. The van der Waals surface area contributed by atoms with Crippen molar-refractivity contribution in [3.63, 3.8) is 0 Å². The predicted molar refractivity (Wildman–Crippen MR) is 70.9 cm³/mol. The molecule has 0 unspecified atom stereocenters. The number of nitrogens with two attached hydrogens (primary N) is 1. The fourth-order valence-corrected chi connectivity index (χ4v) is 3.73. The molecule has 0 atom stereocenters. The third-order valence-electron chi connectivity index (χ3n) is 3.46. The Morgan fingerprint density at radius 2 is 2.26 bits per heavy atom. The fourth-order valence-electron chi connectivity index (χ4n) is 2.20. The highest BCUT2D eigenvalue weighted by atomic mass is 32.2. The van der Waals surface area contributed by atoms with E-state index in [1.54, 1.807) is 0 Å². The Balaban J connectivity index is 2.24. The zero-order valence-corrected chi connectivity index (χ0v) is 11.8. The molecule has 0 radical (unpaired) electrons. The molecule has 4 N–H and O–H groups in total. The quantitative estimate of drug-likeness (QED) is 0.686. The van der Waals surface area contributed by atoms with Crippen molar-refractivity contribution >= 4 is 15.8 Å². The highest BCUT2D eigenvalue weighted by molar-refractivity contribution is 7.89. The molecule has 1 saturated carbocycles. The van der Waals surface area contributed by atoms with Crippen LogP contribution < -0.4 is 10.5 Å². The van der Waals surface area contributed by atoms with E-state index in [1.807, 2.05) is 6.92 Å². The largest absolute Gasteiger partial charge is 0.394 e. The summed E-state index contributed by atoms with van der Waals surface area (Å²) in [5.74, 6) is -0.00615. The van der Waals surface area contributed by atoms with E-state index in [1.165, 1.54) is 10.9 Å². The summed E-state index contributed by atoms with van der Waals surface area (Å²) in [7, 11) is -3.74. The Labute approximate surface area is 112 Å². The number of aromatic nitrogens is 2. The molecule has 0 saturated heterocycles. The zero-order valence-electron chi connectivity index (χ0n) is 11.0. The summed E-state index contributed by atoms with van der Waals surface area (Å²) < 4.78 is 28.6. The number of aryl methyl sites for hydroxylation is 1. The van der Waals surface area contributed by atoms with Crippen molar-refractivity contribution in [3.05, 3.63) is 6.20 Å². The minimum atomic E-state index is -3.74. The van der Waals surface area contributed by atoms with Crippen LogP contribution in [0, 0.1) is 0 Å². The maximum atomic E-state index is 12.3. The lowest BCUT2D eigenvalue weighted by molar-refractivity contribution is 0.110. The van der Waals surface area contributed by atoms with E-state index in [4.69, 9.17) is 5.73 Å². The second kappa shape index (κ2) is 5.10. The van der Waals surface area contributed by atoms with Crippen molar-refractivity contribution in [3.8, 4) is 0 Å². The van der Waals surface area contributed by atoms with Crippen LogP contribution in [0.1, 0.15) is 32.6 Å². The Morgan fingerprint density at radius 3 is 2.74 bits per heavy atom. The highest BCUT2D eigenvalue weighted by Gasteiger charge is 2.41. The second-order valence-electron chi connectivity index (χ2n) is 5.04. The summed E-state index contributed by atoms with van der Waals surface area (Å²) >= 11 is 0. The molecule has 108 valence electrons. The second-order valence-corrected chi connectivity index (χ2v) is 6.69. The van der Waals surface area contributed by atoms with Crippen molar-refractivity contribution in [2.75, 3.05) is 12.3 Å². The van der Waals surface area contributed by atoms with Gasteiger partial charge in [-0.15, -0.1) is 0 Å². The number of sulfonamides is 1. The van der Waals surface area contributed by atoms with Crippen molar-refractivity contribution in [1.29, 1.82) is 0 Å². The molecular weight excluding hydrogens is 268 g/mol. The molecular formula is C11H20N4O3S. The number of nitrogens with zero attached hydrogens (tertiary/aromatic N) is 2. The molecule has 0 spiro atoms. The number of aliphatic hydroxyl groups excluding tert-OH is 1. The van der Waals surface area contributed by atoms with Gasteiger partial charge >= 0.3 is 0 Å². The minimum absolute atomic E-state index is 0.00615. The van der Waals surface area contributed by atoms with Crippen molar-refractivity contribution in [2.24, 2.45) is 0 Å².